The van der Waals surface area contributed by atoms with Crippen LogP contribution in [0.5, 0.6) is 0 Å². The van der Waals surface area contributed by atoms with Gasteiger partial charge in [0.25, 0.3) is 0 Å². The second-order valence-corrected chi connectivity index (χ2v) is 18.3. The van der Waals surface area contributed by atoms with Crippen LogP contribution in [0.15, 0.2) is 0 Å². The molecule has 2 heterocycles. The van der Waals surface area contributed by atoms with E-state index in [0.29, 0.717) is 11.1 Å². The molecule has 0 radical (unpaired) electrons. The van der Waals surface area contributed by atoms with E-state index in [1.54, 1.807) is 21.6 Å². The third-order valence-electron chi connectivity index (χ3n) is 12.6. The summed E-state index contributed by atoms with van der Waals surface area (Å²) in [4.78, 5) is 10.7. The van der Waals surface area contributed by atoms with E-state index >= 15 is 0 Å². The van der Waals surface area contributed by atoms with Gasteiger partial charge in [-0.05, 0) is 134 Å². The predicted molar refractivity (Wildman–Crippen MR) is 168 cm³/mol. The Hall–Kier alpha value is 0.400. The van der Waals surface area contributed by atoms with Gasteiger partial charge in [0, 0.05) is 63.4 Å². The normalized spacial score (nSPS) is 46.2. The fraction of sp³-hybridized carbons (Fsp3) is 0.933. The minimum atomic E-state index is 0.546. The summed E-state index contributed by atoms with van der Waals surface area (Å²) in [5, 5.41) is 0. The minimum Gasteiger partial charge on any atom is -0.354 e. The summed E-state index contributed by atoms with van der Waals surface area (Å²) in [6, 6.07) is 0. The zero-order chi connectivity index (χ0) is 25.5. The number of hydrogen-bond donors (Lipinski definition) is 0. The van der Waals surface area contributed by atoms with Crippen molar-refractivity contribution < 1.29 is 0 Å². The molecule has 2 saturated heterocycles. The first-order valence-corrected chi connectivity index (χ1v) is 18.8. The number of nitrogens with zero attached hydrogens (tertiary/aromatic N) is 4. The van der Waals surface area contributed by atoms with Gasteiger partial charge in [-0.15, -0.1) is 0 Å². The monoisotopic (exact) mass is 590 g/mol. The lowest BCUT2D eigenvalue weighted by molar-refractivity contribution is -0.0970. The van der Waals surface area contributed by atoms with E-state index < -0.39 is 0 Å². The molecule has 0 aromatic rings. The van der Waals surface area contributed by atoms with Crippen molar-refractivity contribution in [3.8, 4) is 0 Å². The summed E-state index contributed by atoms with van der Waals surface area (Å²) >= 11 is 11.9. The second-order valence-electron chi connectivity index (χ2n) is 14.9. The van der Waals surface area contributed by atoms with Gasteiger partial charge in [-0.25, -0.2) is 0 Å². The first-order chi connectivity index (χ1) is 18.5. The quantitative estimate of drug-likeness (QED) is 0.279. The van der Waals surface area contributed by atoms with Crippen molar-refractivity contribution in [2.24, 2.45) is 35.5 Å². The smallest absolute Gasteiger partial charge is 0.147 e. The van der Waals surface area contributed by atoms with Gasteiger partial charge >= 0.3 is 0 Å². The molecule has 0 unspecified atom stereocenters. The van der Waals surface area contributed by atoms with Crippen molar-refractivity contribution >= 4 is 54.7 Å². The average molecular weight is 591 g/mol. The van der Waals surface area contributed by atoms with Crippen molar-refractivity contribution in [3.63, 3.8) is 0 Å². The van der Waals surface area contributed by atoms with Crippen LogP contribution in [-0.2, 0) is 0 Å². The van der Waals surface area contributed by atoms with Crippen LogP contribution in [0.4, 0.5) is 0 Å². The van der Waals surface area contributed by atoms with Crippen molar-refractivity contribution in [2.75, 3.05) is 52.4 Å². The van der Waals surface area contributed by atoms with E-state index in [9.17, 15) is 0 Å². The Balaban J connectivity index is 0.795. The van der Waals surface area contributed by atoms with Gasteiger partial charge in [0.15, 0.2) is 0 Å². The highest BCUT2D eigenvalue weighted by Gasteiger charge is 2.55. The molecule has 0 aromatic carbocycles. The molecule has 0 N–H and O–H groups in total. The van der Waals surface area contributed by atoms with E-state index in [0.717, 1.165) is 70.3 Å². The topological polar surface area (TPSA) is 13.0 Å². The maximum absolute atomic E-state index is 5.93. The van der Waals surface area contributed by atoms with E-state index in [1.165, 1.54) is 103 Å². The van der Waals surface area contributed by atoms with Crippen molar-refractivity contribution in [3.05, 3.63) is 0 Å². The molecule has 4 nitrogen and oxygen atoms in total. The number of thiocarbonyl (C=S) groups is 2. The van der Waals surface area contributed by atoms with Crippen LogP contribution in [0.2, 0.25) is 0 Å². The average Bonchev–Trinajstić information content (AvgIpc) is 2.90. The van der Waals surface area contributed by atoms with Crippen LogP contribution < -0.4 is 0 Å². The molecule has 8 heteroatoms. The maximum Gasteiger partial charge on any atom is 0.147 e. The first-order valence-electron chi connectivity index (χ1n) is 15.9. The Bertz CT molecular complexity index is 807. The van der Waals surface area contributed by atoms with Crippen molar-refractivity contribution in [2.45, 2.75) is 88.1 Å². The van der Waals surface area contributed by atoms with Gasteiger partial charge in [0.2, 0.25) is 0 Å². The zero-order valence-corrected chi connectivity index (χ0v) is 26.3. The molecule has 8 saturated carbocycles. The largest absolute Gasteiger partial charge is 0.354 e. The van der Waals surface area contributed by atoms with Gasteiger partial charge in [-0.3, -0.25) is 9.80 Å². The van der Waals surface area contributed by atoms with Gasteiger partial charge in [-0.2, -0.15) is 0 Å². The first kappa shape index (κ1) is 26.1. The SMILES string of the molecule is S=C(SSC(=S)N1CCN(C23CC4CC(CC(C4)C2)C3)CC1)N1CCN(C23CC4CC(CC(C4)C2)C3)CC1. The molecule has 38 heavy (non-hydrogen) atoms. The third-order valence-corrected chi connectivity index (χ3v) is 16.3. The highest BCUT2D eigenvalue weighted by Crippen LogP contribution is 2.59. The highest BCUT2D eigenvalue weighted by molar-refractivity contribution is 8.89. The standard InChI is InChI=1S/C30H46N4S4/c35-27(31-1-5-33(6-2-31)29-15-21-9-22(16-29)11-23(10-21)17-29)37-38-28(36)32-3-7-34(8-4-32)30-18-24-12-25(19-30)14-26(13-24)20-30/h21-26H,1-20H2. The third kappa shape index (κ3) is 4.62. The summed E-state index contributed by atoms with van der Waals surface area (Å²) in [5.74, 6) is 6.18. The molecule has 0 atom stereocenters. The molecule has 10 fully saturated rings. The summed E-state index contributed by atoms with van der Waals surface area (Å²) in [7, 11) is 3.51. The Kier molecular flexibility index (Phi) is 6.86. The van der Waals surface area contributed by atoms with E-state index in [2.05, 4.69) is 19.6 Å². The van der Waals surface area contributed by atoms with Crippen molar-refractivity contribution in [1.82, 2.24) is 19.6 Å². The molecule has 8 bridgehead atoms. The van der Waals surface area contributed by atoms with E-state index in [1.807, 2.05) is 0 Å². The molecule has 210 valence electrons. The molecule has 0 aromatic heterocycles. The lowest BCUT2D eigenvalue weighted by atomic mass is 9.52. The van der Waals surface area contributed by atoms with Gasteiger partial charge in [-0.1, -0.05) is 24.4 Å². The molecule has 2 aliphatic heterocycles. The van der Waals surface area contributed by atoms with Crippen molar-refractivity contribution in [1.29, 1.82) is 0 Å². The number of rotatable bonds is 2. The Morgan fingerprint density at radius 2 is 0.711 bits per heavy atom. The lowest BCUT2D eigenvalue weighted by Crippen LogP contribution is -2.64. The van der Waals surface area contributed by atoms with Gasteiger partial charge in [0.1, 0.15) is 8.64 Å². The van der Waals surface area contributed by atoms with E-state index in [-0.39, 0.29) is 0 Å². The molecule has 0 spiro atoms. The predicted octanol–water partition coefficient (Wildman–Crippen LogP) is 6.11. The van der Waals surface area contributed by atoms with Crippen LogP contribution in [0.3, 0.4) is 0 Å². The summed E-state index contributed by atoms with van der Waals surface area (Å²) in [5.41, 5.74) is 1.09. The summed E-state index contributed by atoms with van der Waals surface area (Å²) < 4.78 is 2.10. The van der Waals surface area contributed by atoms with E-state index in [4.69, 9.17) is 24.4 Å². The fourth-order valence-electron chi connectivity index (χ4n) is 11.8. The van der Waals surface area contributed by atoms with Crippen LogP contribution in [-0.4, -0.2) is 91.7 Å². The molecular weight excluding hydrogens is 545 g/mol. The van der Waals surface area contributed by atoms with Crippen LogP contribution in [0.1, 0.15) is 77.0 Å². The lowest BCUT2D eigenvalue weighted by Gasteiger charge is -2.61. The molecule has 10 rings (SSSR count). The Morgan fingerprint density at radius 3 is 0.974 bits per heavy atom. The molecule has 10 aliphatic rings. The van der Waals surface area contributed by atoms with Crippen LogP contribution in [0.25, 0.3) is 0 Å². The highest BCUT2D eigenvalue weighted by atomic mass is 33.1. The van der Waals surface area contributed by atoms with Gasteiger partial charge in [0.05, 0.1) is 0 Å². The summed E-state index contributed by atoms with van der Waals surface area (Å²) in [6.07, 6.45) is 18.1. The Morgan fingerprint density at radius 1 is 0.447 bits per heavy atom. The Labute approximate surface area is 249 Å². The van der Waals surface area contributed by atoms with Gasteiger partial charge < -0.3 is 9.80 Å². The minimum absolute atomic E-state index is 0.546. The molecule has 0 amide bonds. The second kappa shape index (κ2) is 10.00. The number of hydrogen-bond acceptors (Lipinski definition) is 6. The molecular formula is C30H46N4S4. The van der Waals surface area contributed by atoms with Crippen LogP contribution in [0, 0.1) is 35.5 Å². The molecule has 8 aliphatic carbocycles. The maximum atomic E-state index is 5.93. The zero-order valence-electron chi connectivity index (χ0n) is 23.0. The number of piperazine rings is 2. The van der Waals surface area contributed by atoms with Crippen LogP contribution >= 0.6 is 46.0 Å². The summed E-state index contributed by atoms with van der Waals surface area (Å²) in [6.45, 7) is 9.22. The fourth-order valence-corrected chi connectivity index (χ4v) is 14.6.